The molecular formula is C21H24N2O5S. The number of nitrogens with one attached hydrogen (secondary N) is 1. The number of carbonyl (C=O) groups is 2. The van der Waals surface area contributed by atoms with Crippen LogP contribution in [-0.4, -0.2) is 39.7 Å². The van der Waals surface area contributed by atoms with Crippen LogP contribution < -0.4 is 9.62 Å². The Morgan fingerprint density at radius 3 is 2.38 bits per heavy atom. The van der Waals surface area contributed by atoms with Crippen molar-refractivity contribution in [2.75, 3.05) is 29.0 Å². The first-order chi connectivity index (χ1) is 13.7. The molecule has 8 heteroatoms. The van der Waals surface area contributed by atoms with Crippen LogP contribution in [-0.2, 0) is 14.8 Å². The van der Waals surface area contributed by atoms with E-state index in [2.05, 4.69) is 11.9 Å². The predicted molar refractivity (Wildman–Crippen MR) is 114 cm³/mol. The highest BCUT2D eigenvalue weighted by molar-refractivity contribution is 7.92. The van der Waals surface area contributed by atoms with Crippen molar-refractivity contribution in [3.05, 3.63) is 71.8 Å². The zero-order chi connectivity index (χ0) is 21.6. The molecule has 0 unspecified atom stereocenters. The van der Waals surface area contributed by atoms with Gasteiger partial charge in [0.15, 0.2) is 0 Å². The Kier molecular flexibility index (Phi) is 7.17. The van der Waals surface area contributed by atoms with E-state index < -0.39 is 16.0 Å². The van der Waals surface area contributed by atoms with Crippen LogP contribution >= 0.6 is 0 Å². The van der Waals surface area contributed by atoms with E-state index in [4.69, 9.17) is 4.74 Å². The fraction of sp³-hybridized carbons (Fsp3) is 0.238. The van der Waals surface area contributed by atoms with E-state index in [0.717, 1.165) is 6.26 Å². The molecule has 0 atom stereocenters. The third-order valence-corrected chi connectivity index (χ3v) is 5.35. The Morgan fingerprint density at radius 2 is 1.83 bits per heavy atom. The van der Waals surface area contributed by atoms with Crippen molar-refractivity contribution in [3.8, 4) is 0 Å². The lowest BCUT2D eigenvalue weighted by molar-refractivity contribution is 0.0525. The summed E-state index contributed by atoms with van der Waals surface area (Å²) in [6.45, 7) is 7.41. The van der Waals surface area contributed by atoms with E-state index in [1.54, 1.807) is 44.2 Å². The second kappa shape index (κ2) is 9.38. The summed E-state index contributed by atoms with van der Waals surface area (Å²) >= 11 is 0. The van der Waals surface area contributed by atoms with Gasteiger partial charge in [0.25, 0.3) is 5.91 Å². The van der Waals surface area contributed by atoms with E-state index in [-0.39, 0.29) is 19.1 Å². The minimum Gasteiger partial charge on any atom is -0.462 e. The molecule has 0 aliphatic carbocycles. The Balaban J connectivity index is 2.23. The number of nitrogens with zero attached hydrogens (tertiary/aromatic N) is 1. The molecule has 7 nitrogen and oxygen atoms in total. The van der Waals surface area contributed by atoms with Crippen molar-refractivity contribution in [1.82, 2.24) is 0 Å². The monoisotopic (exact) mass is 416 g/mol. The van der Waals surface area contributed by atoms with E-state index in [9.17, 15) is 18.0 Å². The summed E-state index contributed by atoms with van der Waals surface area (Å²) < 4.78 is 30.0. The number of esters is 1. The van der Waals surface area contributed by atoms with Gasteiger partial charge in [0.2, 0.25) is 10.0 Å². The average Bonchev–Trinajstić information content (AvgIpc) is 2.67. The highest BCUT2D eigenvalue weighted by Crippen LogP contribution is 2.22. The van der Waals surface area contributed by atoms with Crippen molar-refractivity contribution < 1.29 is 22.7 Å². The van der Waals surface area contributed by atoms with Gasteiger partial charge in [0.05, 0.1) is 30.7 Å². The quantitative estimate of drug-likeness (QED) is 0.526. The molecule has 0 bridgehead atoms. The Hall–Kier alpha value is -3.13. The topological polar surface area (TPSA) is 92.8 Å². The maximum Gasteiger partial charge on any atom is 0.338 e. The Bertz CT molecular complexity index is 1010. The van der Waals surface area contributed by atoms with Gasteiger partial charge < -0.3 is 10.1 Å². The van der Waals surface area contributed by atoms with Crippen LogP contribution in [0.15, 0.2) is 55.1 Å². The number of rotatable bonds is 8. The molecule has 2 rings (SSSR count). The first kappa shape index (κ1) is 22.2. The predicted octanol–water partition coefficient (Wildman–Crippen LogP) is 3.38. The lowest BCUT2D eigenvalue weighted by Gasteiger charge is -2.20. The van der Waals surface area contributed by atoms with Crippen LogP contribution in [0, 0.1) is 6.92 Å². The van der Waals surface area contributed by atoms with Gasteiger partial charge in [0.1, 0.15) is 0 Å². The Morgan fingerprint density at radius 1 is 1.17 bits per heavy atom. The summed E-state index contributed by atoms with van der Waals surface area (Å²) in [5.74, 6) is -0.830. The van der Waals surface area contributed by atoms with Crippen molar-refractivity contribution in [1.29, 1.82) is 0 Å². The number of benzene rings is 2. The first-order valence-electron chi connectivity index (χ1n) is 8.95. The van der Waals surface area contributed by atoms with Gasteiger partial charge in [-0.3, -0.25) is 9.10 Å². The molecule has 0 aliphatic heterocycles. The van der Waals surface area contributed by atoms with E-state index in [1.165, 1.54) is 22.5 Å². The summed E-state index contributed by atoms with van der Waals surface area (Å²) in [4.78, 5) is 24.6. The molecule has 0 heterocycles. The SMILES string of the molecule is C=CCN(c1ccc(C(=O)Nc2cccc(C(=O)OCC)c2C)cc1)S(C)(=O)=O. The van der Waals surface area contributed by atoms with Gasteiger partial charge in [-0.2, -0.15) is 0 Å². The maximum atomic E-state index is 12.6. The van der Waals surface area contributed by atoms with Crippen LogP contribution in [0.4, 0.5) is 11.4 Å². The normalized spacial score (nSPS) is 10.9. The Labute approximate surface area is 171 Å². The highest BCUT2D eigenvalue weighted by atomic mass is 32.2. The summed E-state index contributed by atoms with van der Waals surface area (Å²) in [7, 11) is -3.47. The smallest absolute Gasteiger partial charge is 0.338 e. The van der Waals surface area contributed by atoms with Crippen molar-refractivity contribution in [2.45, 2.75) is 13.8 Å². The third kappa shape index (κ3) is 5.45. The molecule has 2 aromatic carbocycles. The molecule has 0 aliphatic rings. The zero-order valence-corrected chi connectivity index (χ0v) is 17.5. The summed E-state index contributed by atoms with van der Waals surface area (Å²) in [6.07, 6.45) is 2.59. The molecule has 29 heavy (non-hydrogen) atoms. The number of amides is 1. The largest absolute Gasteiger partial charge is 0.462 e. The summed E-state index contributed by atoms with van der Waals surface area (Å²) in [5, 5.41) is 2.77. The number of carbonyl (C=O) groups excluding carboxylic acids is 2. The number of sulfonamides is 1. The van der Waals surface area contributed by atoms with Crippen LogP contribution in [0.2, 0.25) is 0 Å². The van der Waals surface area contributed by atoms with Crippen molar-refractivity contribution in [3.63, 3.8) is 0 Å². The molecule has 0 saturated heterocycles. The van der Waals surface area contributed by atoms with E-state index in [0.29, 0.717) is 28.1 Å². The molecule has 154 valence electrons. The van der Waals surface area contributed by atoms with E-state index in [1.807, 2.05) is 0 Å². The van der Waals surface area contributed by atoms with Crippen LogP contribution in [0.3, 0.4) is 0 Å². The first-order valence-corrected chi connectivity index (χ1v) is 10.8. The molecule has 1 amide bonds. The molecule has 0 spiro atoms. The minimum atomic E-state index is -3.47. The zero-order valence-electron chi connectivity index (χ0n) is 16.6. The molecule has 2 aromatic rings. The average molecular weight is 416 g/mol. The van der Waals surface area contributed by atoms with E-state index >= 15 is 0 Å². The fourth-order valence-electron chi connectivity index (χ4n) is 2.72. The van der Waals surface area contributed by atoms with Gasteiger partial charge in [-0.15, -0.1) is 6.58 Å². The second-order valence-corrected chi connectivity index (χ2v) is 8.19. The number of hydrogen-bond acceptors (Lipinski definition) is 5. The second-order valence-electron chi connectivity index (χ2n) is 6.28. The van der Waals surface area contributed by atoms with Gasteiger partial charge in [-0.05, 0) is 55.8 Å². The summed E-state index contributed by atoms with van der Waals surface area (Å²) in [5.41, 5.74) is 2.26. The highest BCUT2D eigenvalue weighted by Gasteiger charge is 2.17. The van der Waals surface area contributed by atoms with Gasteiger partial charge in [-0.25, -0.2) is 13.2 Å². The molecule has 0 saturated carbocycles. The third-order valence-electron chi connectivity index (χ3n) is 4.19. The van der Waals surface area contributed by atoms with Gasteiger partial charge in [-0.1, -0.05) is 12.1 Å². The van der Waals surface area contributed by atoms with Crippen LogP contribution in [0.25, 0.3) is 0 Å². The molecule has 1 N–H and O–H groups in total. The van der Waals surface area contributed by atoms with Gasteiger partial charge >= 0.3 is 5.97 Å². The molecule has 0 aromatic heterocycles. The number of hydrogen-bond donors (Lipinski definition) is 1. The summed E-state index contributed by atoms with van der Waals surface area (Å²) in [6, 6.07) is 11.2. The van der Waals surface area contributed by atoms with Crippen LogP contribution in [0.1, 0.15) is 33.2 Å². The van der Waals surface area contributed by atoms with Gasteiger partial charge in [0, 0.05) is 11.3 Å². The van der Waals surface area contributed by atoms with Crippen molar-refractivity contribution in [2.24, 2.45) is 0 Å². The molecule has 0 radical (unpaired) electrons. The number of ether oxygens (including phenoxy) is 1. The standard InChI is InChI=1S/C21H24N2O5S/c1-5-14-23(29(4,26)27)17-12-10-16(11-13-17)20(24)22-19-9-7-8-18(15(19)3)21(25)28-6-2/h5,7-13H,1,6,14H2,2-4H3,(H,22,24). The fourth-order valence-corrected chi connectivity index (χ4v) is 3.60. The molecular weight excluding hydrogens is 392 g/mol. The van der Waals surface area contributed by atoms with Crippen molar-refractivity contribution >= 4 is 33.3 Å². The molecule has 0 fully saturated rings. The maximum absolute atomic E-state index is 12.6. The lowest BCUT2D eigenvalue weighted by Crippen LogP contribution is -2.29. The van der Waals surface area contributed by atoms with Crippen LogP contribution in [0.5, 0.6) is 0 Å². The number of anilines is 2. The minimum absolute atomic E-state index is 0.129. The lowest BCUT2D eigenvalue weighted by atomic mass is 10.1.